The Morgan fingerprint density at radius 2 is 1.96 bits per heavy atom. The Morgan fingerprint density at radius 3 is 2.59 bits per heavy atom. The van der Waals surface area contributed by atoms with Crippen molar-refractivity contribution in [2.24, 2.45) is 18.4 Å². The van der Waals surface area contributed by atoms with Gasteiger partial charge < -0.3 is 4.57 Å². The zero-order valence-electron chi connectivity index (χ0n) is 17.1. The van der Waals surface area contributed by atoms with Crippen LogP contribution in [-0.4, -0.2) is 23.1 Å². The number of rotatable bonds is 2. The van der Waals surface area contributed by atoms with E-state index < -0.39 is 0 Å². The van der Waals surface area contributed by atoms with Crippen molar-refractivity contribution < 1.29 is 0 Å². The van der Waals surface area contributed by atoms with Gasteiger partial charge in [0.2, 0.25) is 5.78 Å². The zero-order chi connectivity index (χ0) is 19.7. The Bertz CT molecular complexity index is 1160. The average Bonchev–Trinajstić information content (AvgIpc) is 3.05. The van der Waals surface area contributed by atoms with Gasteiger partial charge in [-0.1, -0.05) is 20.8 Å². The molecule has 0 spiro atoms. The van der Waals surface area contributed by atoms with Crippen LogP contribution in [0.2, 0.25) is 0 Å². The van der Waals surface area contributed by atoms with Gasteiger partial charge in [0.25, 0.3) is 5.56 Å². The Hall–Kier alpha value is -2.31. The second-order valence-electron chi connectivity index (χ2n) is 9.05. The van der Waals surface area contributed by atoms with Crippen molar-refractivity contribution >= 4 is 16.9 Å². The summed E-state index contributed by atoms with van der Waals surface area (Å²) in [4.78, 5) is 30.2. The van der Waals surface area contributed by atoms with Gasteiger partial charge in [-0.15, -0.1) is 0 Å². The highest BCUT2D eigenvalue weighted by Gasteiger charge is 2.34. The summed E-state index contributed by atoms with van der Waals surface area (Å²) in [5.41, 5.74) is 1.75. The molecule has 146 valence electrons. The summed E-state index contributed by atoms with van der Waals surface area (Å²) in [6.45, 7) is 11.2. The SMILES string of the molecule is CCn1c(=O)c2c(nc3n([C@H]4C[C@@H](C)CC(C)(C)C4)c(C)cn23)n(C)c1=O. The fourth-order valence-corrected chi connectivity index (χ4v) is 5.25. The highest BCUT2D eigenvalue weighted by molar-refractivity contribution is 5.75. The third-order valence-electron chi connectivity index (χ3n) is 6.11. The summed E-state index contributed by atoms with van der Waals surface area (Å²) in [6.07, 6.45) is 5.41. The van der Waals surface area contributed by atoms with Crippen molar-refractivity contribution in [3.8, 4) is 0 Å². The van der Waals surface area contributed by atoms with E-state index in [-0.39, 0.29) is 16.7 Å². The molecule has 0 N–H and O–H groups in total. The van der Waals surface area contributed by atoms with Gasteiger partial charge in [0.05, 0.1) is 0 Å². The molecule has 0 bridgehead atoms. The van der Waals surface area contributed by atoms with E-state index >= 15 is 0 Å². The molecular weight excluding hydrogens is 342 g/mol. The minimum atomic E-state index is -0.313. The maximum atomic E-state index is 12.9. The number of nitrogens with zero attached hydrogens (tertiary/aromatic N) is 5. The Balaban J connectivity index is 2.02. The van der Waals surface area contributed by atoms with Crippen LogP contribution in [0.4, 0.5) is 0 Å². The van der Waals surface area contributed by atoms with Crippen LogP contribution >= 0.6 is 0 Å². The van der Waals surface area contributed by atoms with Crippen LogP contribution in [0.25, 0.3) is 16.9 Å². The number of aromatic nitrogens is 5. The van der Waals surface area contributed by atoms with Crippen LogP contribution in [-0.2, 0) is 13.6 Å². The third kappa shape index (κ3) is 2.58. The van der Waals surface area contributed by atoms with Crippen molar-refractivity contribution in [1.29, 1.82) is 0 Å². The largest absolute Gasteiger partial charge is 0.332 e. The van der Waals surface area contributed by atoms with E-state index in [9.17, 15) is 9.59 Å². The van der Waals surface area contributed by atoms with E-state index in [0.717, 1.165) is 24.3 Å². The fourth-order valence-electron chi connectivity index (χ4n) is 5.25. The molecule has 2 atom stereocenters. The highest BCUT2D eigenvalue weighted by atomic mass is 16.2. The summed E-state index contributed by atoms with van der Waals surface area (Å²) in [6, 6.07) is 0.350. The first-order chi connectivity index (χ1) is 12.6. The van der Waals surface area contributed by atoms with E-state index in [0.29, 0.717) is 29.7 Å². The van der Waals surface area contributed by atoms with Gasteiger partial charge in [-0.3, -0.25) is 18.3 Å². The maximum Gasteiger partial charge on any atom is 0.332 e. The number of imidazole rings is 2. The molecule has 0 aromatic carbocycles. The first kappa shape index (κ1) is 18.1. The molecule has 27 heavy (non-hydrogen) atoms. The molecule has 1 aliphatic rings. The van der Waals surface area contributed by atoms with Crippen molar-refractivity contribution in [3.05, 3.63) is 32.7 Å². The molecular formula is C20H29N5O2. The molecule has 0 aliphatic heterocycles. The molecule has 7 nitrogen and oxygen atoms in total. The predicted octanol–water partition coefficient (Wildman–Crippen LogP) is 2.87. The van der Waals surface area contributed by atoms with Crippen LogP contribution in [0, 0.1) is 18.3 Å². The van der Waals surface area contributed by atoms with Gasteiger partial charge >= 0.3 is 5.69 Å². The minimum Gasteiger partial charge on any atom is -0.311 e. The topological polar surface area (TPSA) is 66.2 Å². The van der Waals surface area contributed by atoms with Gasteiger partial charge in [-0.05, 0) is 44.4 Å². The Labute approximate surface area is 158 Å². The molecule has 7 heteroatoms. The predicted molar refractivity (Wildman–Crippen MR) is 106 cm³/mol. The number of hydrogen-bond donors (Lipinski definition) is 0. The van der Waals surface area contributed by atoms with E-state index in [1.54, 1.807) is 7.05 Å². The number of aryl methyl sites for hydroxylation is 2. The molecule has 3 aromatic heterocycles. The molecule has 3 aromatic rings. The molecule has 0 unspecified atom stereocenters. The minimum absolute atomic E-state index is 0.266. The lowest BCUT2D eigenvalue weighted by atomic mass is 9.70. The first-order valence-corrected chi connectivity index (χ1v) is 9.84. The summed E-state index contributed by atoms with van der Waals surface area (Å²) >= 11 is 0. The van der Waals surface area contributed by atoms with E-state index in [1.807, 2.05) is 17.5 Å². The zero-order valence-corrected chi connectivity index (χ0v) is 17.1. The Kier molecular flexibility index (Phi) is 3.91. The van der Waals surface area contributed by atoms with Crippen molar-refractivity contribution in [2.75, 3.05) is 0 Å². The van der Waals surface area contributed by atoms with Gasteiger partial charge in [0, 0.05) is 31.5 Å². The second-order valence-corrected chi connectivity index (χ2v) is 9.05. The molecule has 3 heterocycles. The summed E-state index contributed by atoms with van der Waals surface area (Å²) < 4.78 is 6.91. The Morgan fingerprint density at radius 1 is 1.26 bits per heavy atom. The van der Waals surface area contributed by atoms with Crippen molar-refractivity contribution in [3.63, 3.8) is 0 Å². The van der Waals surface area contributed by atoms with Gasteiger partial charge in [0.15, 0.2) is 11.2 Å². The fraction of sp³-hybridized carbons (Fsp3) is 0.650. The maximum absolute atomic E-state index is 12.9. The van der Waals surface area contributed by atoms with Crippen LogP contribution < -0.4 is 11.2 Å². The highest BCUT2D eigenvalue weighted by Crippen LogP contribution is 2.44. The molecule has 1 saturated carbocycles. The van der Waals surface area contributed by atoms with E-state index in [1.165, 1.54) is 15.6 Å². The van der Waals surface area contributed by atoms with Gasteiger partial charge in [0.1, 0.15) is 0 Å². The standard InChI is InChI=1S/C20H29N5O2/c1-7-23-17(26)15-16(22(6)19(23)27)21-18-24(15)11-13(3)25(18)14-8-12(2)9-20(4,5)10-14/h11-12,14H,7-10H2,1-6H3/t12-,14+/m1/s1. The molecule has 0 amide bonds. The summed E-state index contributed by atoms with van der Waals surface area (Å²) in [5.74, 6) is 1.41. The van der Waals surface area contributed by atoms with E-state index in [4.69, 9.17) is 4.98 Å². The summed E-state index contributed by atoms with van der Waals surface area (Å²) in [5, 5.41) is 0. The van der Waals surface area contributed by atoms with Crippen LogP contribution in [0.5, 0.6) is 0 Å². The third-order valence-corrected chi connectivity index (χ3v) is 6.11. The van der Waals surface area contributed by atoms with Crippen LogP contribution in [0.3, 0.4) is 0 Å². The second kappa shape index (κ2) is 5.84. The number of hydrogen-bond acceptors (Lipinski definition) is 3. The van der Waals surface area contributed by atoms with Gasteiger partial charge in [-0.25, -0.2) is 4.79 Å². The lowest BCUT2D eigenvalue weighted by molar-refractivity contribution is 0.138. The van der Waals surface area contributed by atoms with Crippen molar-refractivity contribution in [2.45, 2.75) is 66.5 Å². The summed E-state index contributed by atoms with van der Waals surface area (Å²) in [7, 11) is 1.69. The molecule has 0 saturated heterocycles. The molecule has 1 fully saturated rings. The quantitative estimate of drug-likeness (QED) is 0.696. The normalized spacial score (nSPS) is 22.7. The molecule has 1 aliphatic carbocycles. The monoisotopic (exact) mass is 371 g/mol. The van der Waals surface area contributed by atoms with Crippen LogP contribution in [0.1, 0.15) is 58.7 Å². The average molecular weight is 371 g/mol. The number of fused-ring (bicyclic) bond motifs is 3. The smallest absolute Gasteiger partial charge is 0.311 e. The van der Waals surface area contributed by atoms with Crippen molar-refractivity contribution in [1.82, 2.24) is 23.1 Å². The van der Waals surface area contributed by atoms with E-state index in [2.05, 4.69) is 32.3 Å². The molecule has 0 radical (unpaired) electrons. The van der Waals surface area contributed by atoms with Crippen LogP contribution in [0.15, 0.2) is 15.8 Å². The lowest BCUT2D eigenvalue weighted by Gasteiger charge is -2.39. The molecule has 4 rings (SSSR count). The lowest BCUT2D eigenvalue weighted by Crippen LogP contribution is -2.38. The first-order valence-electron chi connectivity index (χ1n) is 9.84. The van der Waals surface area contributed by atoms with Gasteiger partial charge in [-0.2, -0.15) is 4.98 Å².